The van der Waals surface area contributed by atoms with E-state index in [0.717, 1.165) is 16.8 Å². The number of carbonyl (C=O) groups excluding carboxylic acids is 1. The molecule has 0 aliphatic heterocycles. The smallest absolute Gasteiger partial charge is 0.248 e. The van der Waals surface area contributed by atoms with Crippen LogP contribution in [0, 0.1) is 0 Å². The molecule has 0 saturated carbocycles. The molecule has 0 radical (unpaired) electrons. The first-order valence-corrected chi connectivity index (χ1v) is 3.88. The number of amides is 1. The van der Waals surface area contributed by atoms with Gasteiger partial charge in [-0.3, -0.25) is 9.93 Å². The van der Waals surface area contributed by atoms with Crippen LogP contribution >= 0.6 is 11.9 Å². The summed E-state index contributed by atoms with van der Waals surface area (Å²) in [7, 11) is 0. The first-order valence-electron chi connectivity index (χ1n) is 3.00. The molecule has 1 aromatic carbocycles. The SMILES string of the molecule is NSc1ccc(C(N)=O)cc1. The Balaban J connectivity index is 2.91. The van der Waals surface area contributed by atoms with Gasteiger partial charge in [-0.2, -0.15) is 0 Å². The predicted octanol–water partition coefficient (Wildman–Crippen LogP) is 0.751. The number of rotatable bonds is 2. The van der Waals surface area contributed by atoms with Crippen molar-refractivity contribution in [3.8, 4) is 0 Å². The Labute approximate surface area is 68.9 Å². The molecule has 0 heterocycles. The van der Waals surface area contributed by atoms with Gasteiger partial charge in [0.2, 0.25) is 5.91 Å². The second-order valence-electron chi connectivity index (χ2n) is 2.01. The molecule has 0 unspecified atom stereocenters. The molecular weight excluding hydrogens is 160 g/mol. The molecule has 3 nitrogen and oxygen atoms in total. The van der Waals surface area contributed by atoms with Gasteiger partial charge in [0.05, 0.1) is 0 Å². The Bertz CT molecular complexity index is 258. The highest BCUT2D eigenvalue weighted by molar-refractivity contribution is 7.97. The van der Waals surface area contributed by atoms with E-state index in [1.165, 1.54) is 0 Å². The summed E-state index contributed by atoms with van der Waals surface area (Å²) < 4.78 is 0. The summed E-state index contributed by atoms with van der Waals surface area (Å²) in [6.07, 6.45) is 0. The summed E-state index contributed by atoms with van der Waals surface area (Å²) in [6.45, 7) is 0. The summed E-state index contributed by atoms with van der Waals surface area (Å²) in [5.41, 5.74) is 5.53. The Morgan fingerprint density at radius 3 is 2.18 bits per heavy atom. The quantitative estimate of drug-likeness (QED) is 0.640. The summed E-state index contributed by atoms with van der Waals surface area (Å²) in [4.78, 5) is 11.5. The van der Waals surface area contributed by atoms with Gasteiger partial charge in [0.25, 0.3) is 0 Å². The van der Waals surface area contributed by atoms with Crippen LogP contribution in [0.25, 0.3) is 0 Å². The Morgan fingerprint density at radius 2 is 1.82 bits per heavy atom. The number of hydrogen-bond acceptors (Lipinski definition) is 3. The van der Waals surface area contributed by atoms with Crippen LogP contribution in [-0.2, 0) is 0 Å². The predicted molar refractivity (Wildman–Crippen MR) is 45.0 cm³/mol. The molecule has 0 spiro atoms. The molecule has 0 atom stereocenters. The van der Waals surface area contributed by atoms with Crippen LogP contribution in [0.3, 0.4) is 0 Å². The molecule has 0 aliphatic carbocycles. The Morgan fingerprint density at radius 1 is 1.27 bits per heavy atom. The van der Waals surface area contributed by atoms with Crippen molar-refractivity contribution >= 4 is 17.9 Å². The number of hydrogen-bond donors (Lipinski definition) is 2. The average molecular weight is 168 g/mol. The highest BCUT2D eigenvalue weighted by Gasteiger charge is 1.97. The van der Waals surface area contributed by atoms with Crippen molar-refractivity contribution in [3.05, 3.63) is 29.8 Å². The van der Waals surface area contributed by atoms with Gasteiger partial charge in [0.15, 0.2) is 0 Å². The van der Waals surface area contributed by atoms with E-state index >= 15 is 0 Å². The average Bonchev–Trinajstić information content (AvgIpc) is 2.05. The molecule has 1 rings (SSSR count). The maximum Gasteiger partial charge on any atom is 0.248 e. The van der Waals surface area contributed by atoms with E-state index in [-0.39, 0.29) is 0 Å². The fourth-order valence-electron chi connectivity index (χ4n) is 0.698. The fourth-order valence-corrected chi connectivity index (χ4v) is 0.991. The molecule has 0 saturated heterocycles. The molecule has 11 heavy (non-hydrogen) atoms. The monoisotopic (exact) mass is 168 g/mol. The minimum Gasteiger partial charge on any atom is -0.366 e. The van der Waals surface area contributed by atoms with Crippen molar-refractivity contribution in [1.29, 1.82) is 0 Å². The third-order valence-electron chi connectivity index (χ3n) is 1.27. The maximum absolute atomic E-state index is 10.6. The van der Waals surface area contributed by atoms with Crippen LogP contribution in [0.2, 0.25) is 0 Å². The van der Waals surface area contributed by atoms with Crippen LogP contribution in [0.5, 0.6) is 0 Å². The van der Waals surface area contributed by atoms with Crippen molar-refractivity contribution in [1.82, 2.24) is 0 Å². The molecule has 1 amide bonds. The molecule has 0 aliphatic rings. The van der Waals surface area contributed by atoms with Gasteiger partial charge in [-0.05, 0) is 36.2 Å². The number of nitrogens with two attached hydrogens (primary N) is 2. The topological polar surface area (TPSA) is 69.1 Å². The number of carbonyl (C=O) groups is 1. The third kappa shape index (κ3) is 1.96. The lowest BCUT2D eigenvalue weighted by Gasteiger charge is -1.96. The second-order valence-corrected chi connectivity index (χ2v) is 2.71. The Kier molecular flexibility index (Phi) is 2.51. The summed E-state index contributed by atoms with van der Waals surface area (Å²) in [5.74, 6) is -0.418. The van der Waals surface area contributed by atoms with Crippen LogP contribution in [0.15, 0.2) is 29.2 Å². The van der Waals surface area contributed by atoms with Gasteiger partial charge in [0, 0.05) is 10.5 Å². The minimum absolute atomic E-state index is 0.418. The molecule has 58 valence electrons. The largest absolute Gasteiger partial charge is 0.366 e. The van der Waals surface area contributed by atoms with Gasteiger partial charge >= 0.3 is 0 Å². The fraction of sp³-hybridized carbons (Fsp3) is 0. The third-order valence-corrected chi connectivity index (χ3v) is 1.82. The van der Waals surface area contributed by atoms with Gasteiger partial charge in [-0.25, -0.2) is 0 Å². The van der Waals surface area contributed by atoms with Crippen molar-refractivity contribution in [2.75, 3.05) is 0 Å². The molecule has 4 heteroatoms. The highest BCUT2D eigenvalue weighted by Crippen LogP contribution is 2.11. The highest BCUT2D eigenvalue weighted by atomic mass is 32.2. The van der Waals surface area contributed by atoms with Crippen molar-refractivity contribution in [3.63, 3.8) is 0 Å². The summed E-state index contributed by atoms with van der Waals surface area (Å²) >= 11 is 1.14. The van der Waals surface area contributed by atoms with E-state index in [2.05, 4.69) is 0 Å². The number of primary amides is 1. The van der Waals surface area contributed by atoms with Gasteiger partial charge in [-0.1, -0.05) is 0 Å². The zero-order chi connectivity index (χ0) is 8.27. The summed E-state index contributed by atoms with van der Waals surface area (Å²) in [5, 5.41) is 5.28. The second kappa shape index (κ2) is 3.41. The van der Waals surface area contributed by atoms with Crippen molar-refractivity contribution < 1.29 is 4.79 Å². The normalized spacial score (nSPS) is 9.55. The van der Waals surface area contributed by atoms with E-state index in [1.54, 1.807) is 24.3 Å². The lowest BCUT2D eigenvalue weighted by molar-refractivity contribution is 0.100. The van der Waals surface area contributed by atoms with Crippen LogP contribution in [-0.4, -0.2) is 5.91 Å². The van der Waals surface area contributed by atoms with Gasteiger partial charge in [-0.15, -0.1) is 0 Å². The van der Waals surface area contributed by atoms with E-state index in [0.29, 0.717) is 5.56 Å². The molecule has 0 aromatic heterocycles. The molecule has 0 bridgehead atoms. The van der Waals surface area contributed by atoms with Crippen LogP contribution in [0.1, 0.15) is 10.4 Å². The molecule has 0 fully saturated rings. The van der Waals surface area contributed by atoms with E-state index in [4.69, 9.17) is 10.9 Å². The molecule has 1 aromatic rings. The Hall–Kier alpha value is -1.00. The van der Waals surface area contributed by atoms with E-state index in [1.807, 2.05) is 0 Å². The van der Waals surface area contributed by atoms with Crippen LogP contribution < -0.4 is 10.9 Å². The zero-order valence-electron chi connectivity index (χ0n) is 5.78. The lowest BCUT2D eigenvalue weighted by atomic mass is 10.2. The summed E-state index contributed by atoms with van der Waals surface area (Å²) in [6, 6.07) is 6.81. The maximum atomic E-state index is 10.6. The minimum atomic E-state index is -0.418. The van der Waals surface area contributed by atoms with Crippen molar-refractivity contribution in [2.45, 2.75) is 4.90 Å². The van der Waals surface area contributed by atoms with E-state index in [9.17, 15) is 4.79 Å². The molecule has 4 N–H and O–H groups in total. The first-order chi connectivity index (χ1) is 5.24. The van der Waals surface area contributed by atoms with E-state index < -0.39 is 5.91 Å². The van der Waals surface area contributed by atoms with Gasteiger partial charge in [0.1, 0.15) is 0 Å². The first kappa shape index (κ1) is 8.10. The zero-order valence-corrected chi connectivity index (χ0v) is 6.60. The standard InChI is InChI=1S/C7H8N2OS/c8-7(10)5-1-3-6(11-9)4-2-5/h1-4H,9H2,(H2,8,10). The van der Waals surface area contributed by atoms with Gasteiger partial charge < -0.3 is 5.73 Å². The number of benzene rings is 1. The molecular formula is C7H8N2OS. The van der Waals surface area contributed by atoms with Crippen LogP contribution in [0.4, 0.5) is 0 Å². The lowest BCUT2D eigenvalue weighted by Crippen LogP contribution is -2.10. The van der Waals surface area contributed by atoms with Crippen molar-refractivity contribution in [2.24, 2.45) is 10.9 Å².